The third-order valence-electron chi connectivity index (χ3n) is 5.56. The lowest BCUT2D eigenvalue weighted by molar-refractivity contribution is -0.133. The highest BCUT2D eigenvalue weighted by Gasteiger charge is 2.46. The molecule has 1 aromatic carbocycles. The van der Waals surface area contributed by atoms with Crippen LogP contribution in [0.5, 0.6) is 0 Å². The number of likely N-dealkylation sites (tertiary alicyclic amines) is 1. The summed E-state index contributed by atoms with van der Waals surface area (Å²) in [5, 5.41) is 8.28. The van der Waals surface area contributed by atoms with Gasteiger partial charge < -0.3 is 9.47 Å². The van der Waals surface area contributed by atoms with Crippen LogP contribution in [-0.4, -0.2) is 38.7 Å². The molecule has 2 aliphatic rings. The molecule has 5 nitrogen and oxygen atoms in total. The third-order valence-corrected chi connectivity index (χ3v) is 5.56. The number of carbonyl (C=O) groups is 1. The standard InChI is InChI=1S/C19H23FN4O/c1-2-23-12-21-22-18(23)14-7-9-24(10-8-14)19(25)17-11-16(17)13-3-5-15(20)6-4-13/h3-6,12,14,16-17H,2,7-11H2,1H3/t16-,17-/m0/s1. The van der Waals surface area contributed by atoms with Crippen LogP contribution < -0.4 is 0 Å². The molecule has 1 aromatic heterocycles. The Labute approximate surface area is 146 Å². The Morgan fingerprint density at radius 2 is 1.96 bits per heavy atom. The molecule has 0 radical (unpaired) electrons. The first-order valence-electron chi connectivity index (χ1n) is 9.09. The van der Waals surface area contributed by atoms with Gasteiger partial charge in [-0.25, -0.2) is 4.39 Å². The maximum atomic E-state index is 13.0. The van der Waals surface area contributed by atoms with Crippen molar-refractivity contribution >= 4 is 5.91 Å². The fourth-order valence-electron chi connectivity index (χ4n) is 3.96. The maximum Gasteiger partial charge on any atom is 0.226 e. The molecule has 6 heteroatoms. The van der Waals surface area contributed by atoms with Crippen molar-refractivity contribution in [3.63, 3.8) is 0 Å². The van der Waals surface area contributed by atoms with Crippen molar-refractivity contribution in [2.45, 2.75) is 44.6 Å². The minimum Gasteiger partial charge on any atom is -0.342 e. The van der Waals surface area contributed by atoms with Crippen molar-refractivity contribution < 1.29 is 9.18 Å². The Balaban J connectivity index is 1.34. The molecule has 0 N–H and O–H groups in total. The maximum absolute atomic E-state index is 13.0. The summed E-state index contributed by atoms with van der Waals surface area (Å²) in [6, 6.07) is 6.56. The molecule has 1 aliphatic carbocycles. The zero-order valence-electron chi connectivity index (χ0n) is 14.4. The second-order valence-electron chi connectivity index (χ2n) is 7.07. The van der Waals surface area contributed by atoms with Crippen molar-refractivity contribution in [2.24, 2.45) is 5.92 Å². The van der Waals surface area contributed by atoms with Crippen molar-refractivity contribution in [1.82, 2.24) is 19.7 Å². The minimum absolute atomic E-state index is 0.0707. The van der Waals surface area contributed by atoms with Gasteiger partial charge in [-0.1, -0.05) is 12.1 Å². The molecule has 0 spiro atoms. The molecular weight excluding hydrogens is 319 g/mol. The smallest absolute Gasteiger partial charge is 0.226 e. The molecule has 4 rings (SSSR count). The number of aryl methyl sites for hydroxylation is 1. The molecule has 2 atom stereocenters. The SMILES string of the molecule is CCn1cnnc1C1CCN(C(=O)[C@H]2C[C@H]2c2ccc(F)cc2)CC1. The van der Waals surface area contributed by atoms with Crippen LogP contribution in [0.25, 0.3) is 0 Å². The Hall–Kier alpha value is -2.24. The molecule has 132 valence electrons. The van der Waals surface area contributed by atoms with E-state index in [1.165, 1.54) is 12.1 Å². The second kappa shape index (κ2) is 6.58. The molecule has 2 heterocycles. The van der Waals surface area contributed by atoms with Gasteiger partial charge in [0.15, 0.2) is 0 Å². The monoisotopic (exact) mass is 342 g/mol. The molecule has 1 amide bonds. The highest BCUT2D eigenvalue weighted by Crippen LogP contribution is 2.48. The van der Waals surface area contributed by atoms with Gasteiger partial charge in [0, 0.05) is 31.5 Å². The lowest BCUT2D eigenvalue weighted by atomic mass is 9.95. The average Bonchev–Trinajstić information content (AvgIpc) is 3.30. The summed E-state index contributed by atoms with van der Waals surface area (Å²) in [4.78, 5) is 14.7. The summed E-state index contributed by atoms with van der Waals surface area (Å²) in [6.45, 7) is 4.54. The predicted molar refractivity (Wildman–Crippen MR) is 91.5 cm³/mol. The number of rotatable bonds is 4. The fourth-order valence-corrected chi connectivity index (χ4v) is 3.96. The van der Waals surface area contributed by atoms with Crippen LogP contribution in [0.2, 0.25) is 0 Å². The van der Waals surface area contributed by atoms with Gasteiger partial charge in [-0.3, -0.25) is 4.79 Å². The van der Waals surface area contributed by atoms with E-state index >= 15 is 0 Å². The number of aromatic nitrogens is 3. The average molecular weight is 342 g/mol. The topological polar surface area (TPSA) is 51.0 Å². The molecule has 1 aliphatic heterocycles. The molecule has 2 aromatic rings. The summed E-state index contributed by atoms with van der Waals surface area (Å²) in [7, 11) is 0. The number of piperidine rings is 1. The normalized spacial score (nSPS) is 23.7. The summed E-state index contributed by atoms with van der Waals surface area (Å²) < 4.78 is 15.1. The van der Waals surface area contributed by atoms with Crippen LogP contribution in [0, 0.1) is 11.7 Å². The van der Waals surface area contributed by atoms with Crippen molar-refractivity contribution in [3.8, 4) is 0 Å². The number of halogens is 1. The third kappa shape index (κ3) is 3.17. The van der Waals surface area contributed by atoms with E-state index in [1.807, 2.05) is 4.90 Å². The van der Waals surface area contributed by atoms with E-state index in [0.29, 0.717) is 5.92 Å². The van der Waals surface area contributed by atoms with Crippen LogP contribution >= 0.6 is 0 Å². The Kier molecular flexibility index (Phi) is 4.27. The van der Waals surface area contributed by atoms with Crippen LogP contribution in [-0.2, 0) is 11.3 Å². The van der Waals surface area contributed by atoms with Gasteiger partial charge in [0.25, 0.3) is 0 Å². The molecule has 0 bridgehead atoms. The first-order chi connectivity index (χ1) is 12.2. The van der Waals surface area contributed by atoms with Crippen LogP contribution in [0.4, 0.5) is 4.39 Å². The van der Waals surface area contributed by atoms with Crippen molar-refractivity contribution in [2.75, 3.05) is 13.1 Å². The molecule has 2 fully saturated rings. The number of hydrogen-bond acceptors (Lipinski definition) is 3. The highest BCUT2D eigenvalue weighted by molar-refractivity contribution is 5.83. The molecular formula is C19H23FN4O. The highest BCUT2D eigenvalue weighted by atomic mass is 19.1. The summed E-state index contributed by atoms with van der Waals surface area (Å²) in [5.41, 5.74) is 1.07. The van der Waals surface area contributed by atoms with Gasteiger partial charge in [-0.2, -0.15) is 0 Å². The van der Waals surface area contributed by atoms with Gasteiger partial charge in [0.05, 0.1) is 0 Å². The van der Waals surface area contributed by atoms with Crippen LogP contribution in [0.3, 0.4) is 0 Å². The van der Waals surface area contributed by atoms with E-state index in [-0.39, 0.29) is 23.6 Å². The van der Waals surface area contributed by atoms with Crippen LogP contribution in [0.1, 0.15) is 49.4 Å². The second-order valence-corrected chi connectivity index (χ2v) is 7.07. The Bertz CT molecular complexity index is 749. The number of benzene rings is 1. The fraction of sp³-hybridized carbons (Fsp3) is 0.526. The number of carbonyl (C=O) groups excluding carboxylic acids is 1. The van der Waals surface area contributed by atoms with E-state index in [0.717, 1.165) is 50.3 Å². The van der Waals surface area contributed by atoms with Gasteiger partial charge in [0.2, 0.25) is 5.91 Å². The van der Waals surface area contributed by atoms with E-state index in [9.17, 15) is 9.18 Å². The zero-order valence-corrected chi connectivity index (χ0v) is 14.4. The largest absolute Gasteiger partial charge is 0.342 e. The van der Waals surface area contributed by atoms with E-state index in [2.05, 4.69) is 21.7 Å². The van der Waals surface area contributed by atoms with Crippen molar-refractivity contribution in [1.29, 1.82) is 0 Å². The lowest BCUT2D eigenvalue weighted by Crippen LogP contribution is -2.39. The number of nitrogens with zero attached hydrogens (tertiary/aromatic N) is 4. The minimum atomic E-state index is -0.228. The first-order valence-corrected chi connectivity index (χ1v) is 9.09. The number of hydrogen-bond donors (Lipinski definition) is 0. The van der Waals surface area contributed by atoms with Gasteiger partial charge in [0.1, 0.15) is 18.0 Å². The van der Waals surface area contributed by atoms with Crippen LogP contribution in [0.15, 0.2) is 30.6 Å². The van der Waals surface area contributed by atoms with E-state index < -0.39 is 0 Å². The summed E-state index contributed by atoms with van der Waals surface area (Å²) in [5.74, 6) is 1.79. The molecule has 25 heavy (non-hydrogen) atoms. The lowest BCUT2D eigenvalue weighted by Gasteiger charge is -2.32. The Morgan fingerprint density at radius 3 is 2.64 bits per heavy atom. The van der Waals surface area contributed by atoms with Gasteiger partial charge >= 0.3 is 0 Å². The molecule has 1 saturated heterocycles. The van der Waals surface area contributed by atoms with Gasteiger partial charge in [-0.05, 0) is 49.8 Å². The van der Waals surface area contributed by atoms with E-state index in [1.54, 1.807) is 18.5 Å². The van der Waals surface area contributed by atoms with E-state index in [4.69, 9.17) is 0 Å². The predicted octanol–water partition coefficient (Wildman–Crippen LogP) is 2.95. The molecule has 1 saturated carbocycles. The summed E-state index contributed by atoms with van der Waals surface area (Å²) in [6.07, 6.45) is 4.55. The zero-order chi connectivity index (χ0) is 17.4. The quantitative estimate of drug-likeness (QED) is 0.858. The summed E-state index contributed by atoms with van der Waals surface area (Å²) >= 11 is 0. The first kappa shape index (κ1) is 16.2. The number of amides is 1. The Morgan fingerprint density at radius 1 is 1.24 bits per heavy atom. The van der Waals surface area contributed by atoms with Crippen molar-refractivity contribution in [3.05, 3.63) is 47.8 Å². The van der Waals surface area contributed by atoms with Gasteiger partial charge in [-0.15, -0.1) is 10.2 Å². The molecule has 0 unspecified atom stereocenters.